The average molecular weight is 237 g/mol. The summed E-state index contributed by atoms with van der Waals surface area (Å²) in [5.74, 6) is 0.114. The fourth-order valence-corrected chi connectivity index (χ4v) is 1.29. The van der Waals surface area contributed by atoms with E-state index < -0.39 is 5.97 Å². The molecule has 0 spiro atoms. The van der Waals surface area contributed by atoms with Crippen molar-refractivity contribution in [3.05, 3.63) is 23.6 Å². The third-order valence-electron chi connectivity index (χ3n) is 2.04. The number of hydrogen-bond donors (Lipinski definition) is 1. The predicted molar refractivity (Wildman–Crippen MR) is 54.1 cm³/mol. The molecule has 0 aliphatic heterocycles. The first-order chi connectivity index (χ1) is 8.17. The molecule has 2 heterocycles. The summed E-state index contributed by atoms with van der Waals surface area (Å²) < 4.78 is 6.45. The predicted octanol–water partition coefficient (Wildman–Crippen LogP) is -0.101. The van der Waals surface area contributed by atoms with Gasteiger partial charge in [-0.15, -0.1) is 5.10 Å². The number of aromatic nitrogens is 5. The molecule has 0 aromatic carbocycles. The van der Waals surface area contributed by atoms with E-state index in [2.05, 4.69) is 20.5 Å². The fraction of sp³-hybridized carbons (Fsp3) is 0.444. The number of aliphatic carboxylic acids is 1. The van der Waals surface area contributed by atoms with Crippen LogP contribution in [0.25, 0.3) is 0 Å². The Bertz CT molecular complexity index is 518. The molecule has 0 amide bonds. The molecule has 0 saturated heterocycles. The number of rotatable bonds is 5. The second kappa shape index (κ2) is 4.73. The van der Waals surface area contributed by atoms with Crippen LogP contribution in [-0.2, 0) is 24.2 Å². The SMILES string of the molecule is CCc1noc(Cn2cc(CC(=O)O)nn2)n1. The van der Waals surface area contributed by atoms with Gasteiger partial charge < -0.3 is 9.63 Å². The molecule has 0 radical (unpaired) electrons. The molecular formula is C9H11N5O3. The lowest BCUT2D eigenvalue weighted by Crippen LogP contribution is -2.01. The van der Waals surface area contributed by atoms with Crippen molar-refractivity contribution in [1.29, 1.82) is 0 Å². The highest BCUT2D eigenvalue weighted by atomic mass is 16.5. The second-order valence-corrected chi connectivity index (χ2v) is 3.44. The quantitative estimate of drug-likeness (QED) is 0.773. The third kappa shape index (κ3) is 2.86. The van der Waals surface area contributed by atoms with Crippen molar-refractivity contribution < 1.29 is 14.4 Å². The molecule has 0 aliphatic rings. The van der Waals surface area contributed by atoms with Gasteiger partial charge in [0, 0.05) is 12.6 Å². The van der Waals surface area contributed by atoms with Crippen LogP contribution in [0.2, 0.25) is 0 Å². The van der Waals surface area contributed by atoms with Gasteiger partial charge in [0.05, 0.1) is 12.1 Å². The Labute approximate surface area is 96.2 Å². The second-order valence-electron chi connectivity index (χ2n) is 3.44. The van der Waals surface area contributed by atoms with E-state index in [-0.39, 0.29) is 6.42 Å². The highest BCUT2D eigenvalue weighted by Crippen LogP contribution is 2.02. The van der Waals surface area contributed by atoms with E-state index in [0.717, 1.165) is 0 Å². The molecule has 2 aromatic heterocycles. The maximum absolute atomic E-state index is 10.5. The first-order valence-corrected chi connectivity index (χ1v) is 5.09. The van der Waals surface area contributed by atoms with Crippen molar-refractivity contribution in [3.63, 3.8) is 0 Å². The maximum atomic E-state index is 10.5. The fourth-order valence-electron chi connectivity index (χ4n) is 1.29. The molecular weight excluding hydrogens is 226 g/mol. The van der Waals surface area contributed by atoms with E-state index in [1.54, 1.807) is 6.20 Å². The van der Waals surface area contributed by atoms with E-state index in [1.165, 1.54) is 4.68 Å². The van der Waals surface area contributed by atoms with Gasteiger partial charge in [-0.2, -0.15) is 4.98 Å². The molecule has 90 valence electrons. The molecule has 8 heteroatoms. The average Bonchev–Trinajstić information content (AvgIpc) is 2.88. The Balaban J connectivity index is 2.03. The molecule has 0 atom stereocenters. The van der Waals surface area contributed by atoms with Crippen LogP contribution in [-0.4, -0.2) is 36.2 Å². The molecule has 8 nitrogen and oxygen atoms in total. The summed E-state index contributed by atoms with van der Waals surface area (Å²) in [5.41, 5.74) is 0.396. The molecule has 0 aliphatic carbocycles. The van der Waals surface area contributed by atoms with E-state index in [0.29, 0.717) is 30.4 Å². The van der Waals surface area contributed by atoms with Crippen LogP contribution in [0, 0.1) is 0 Å². The summed E-state index contributed by atoms with van der Waals surface area (Å²) >= 11 is 0. The van der Waals surface area contributed by atoms with E-state index in [1.807, 2.05) is 6.92 Å². The number of carboxylic acids is 1. The minimum absolute atomic E-state index is 0.149. The minimum Gasteiger partial charge on any atom is -0.481 e. The lowest BCUT2D eigenvalue weighted by molar-refractivity contribution is -0.136. The van der Waals surface area contributed by atoms with Gasteiger partial charge in [0.2, 0.25) is 5.89 Å². The Morgan fingerprint density at radius 3 is 3.06 bits per heavy atom. The van der Waals surface area contributed by atoms with Gasteiger partial charge in [-0.05, 0) is 0 Å². The zero-order valence-electron chi connectivity index (χ0n) is 9.20. The lowest BCUT2D eigenvalue weighted by atomic mass is 10.3. The summed E-state index contributed by atoms with van der Waals surface area (Å²) in [6.07, 6.45) is 2.10. The van der Waals surface area contributed by atoms with Crippen molar-refractivity contribution in [1.82, 2.24) is 25.1 Å². The number of aryl methyl sites for hydroxylation is 1. The Morgan fingerprint density at radius 1 is 1.59 bits per heavy atom. The van der Waals surface area contributed by atoms with Crippen molar-refractivity contribution in [2.75, 3.05) is 0 Å². The maximum Gasteiger partial charge on any atom is 0.309 e. The van der Waals surface area contributed by atoms with Crippen LogP contribution >= 0.6 is 0 Å². The van der Waals surface area contributed by atoms with Crippen LogP contribution in [0.4, 0.5) is 0 Å². The number of hydrogen-bond acceptors (Lipinski definition) is 6. The Hall–Kier alpha value is -2.25. The van der Waals surface area contributed by atoms with Crippen LogP contribution in [0.1, 0.15) is 24.3 Å². The van der Waals surface area contributed by atoms with Crippen LogP contribution in [0.15, 0.2) is 10.7 Å². The number of nitrogens with zero attached hydrogens (tertiary/aromatic N) is 5. The summed E-state index contributed by atoms with van der Waals surface area (Å²) in [4.78, 5) is 14.6. The number of carboxylic acid groups (broad SMARTS) is 1. The normalized spacial score (nSPS) is 10.6. The molecule has 0 fully saturated rings. The van der Waals surface area contributed by atoms with Gasteiger partial charge in [0.1, 0.15) is 6.54 Å². The van der Waals surface area contributed by atoms with E-state index >= 15 is 0 Å². The minimum atomic E-state index is -0.942. The van der Waals surface area contributed by atoms with Crippen LogP contribution in [0.3, 0.4) is 0 Å². The molecule has 0 bridgehead atoms. The smallest absolute Gasteiger partial charge is 0.309 e. The van der Waals surface area contributed by atoms with Gasteiger partial charge in [-0.3, -0.25) is 4.79 Å². The Kier molecular flexibility index (Phi) is 3.12. The Morgan fingerprint density at radius 2 is 2.41 bits per heavy atom. The van der Waals surface area contributed by atoms with Gasteiger partial charge >= 0.3 is 5.97 Å². The molecule has 17 heavy (non-hydrogen) atoms. The summed E-state index contributed by atoms with van der Waals surface area (Å²) in [6.45, 7) is 2.22. The van der Waals surface area contributed by atoms with E-state index in [9.17, 15) is 4.79 Å². The first kappa shape index (κ1) is 11.2. The van der Waals surface area contributed by atoms with Crippen LogP contribution in [0.5, 0.6) is 0 Å². The molecule has 0 unspecified atom stereocenters. The summed E-state index contributed by atoms with van der Waals surface area (Å²) in [5, 5.41) is 19.8. The monoisotopic (exact) mass is 237 g/mol. The van der Waals surface area contributed by atoms with Gasteiger partial charge in [0.25, 0.3) is 0 Å². The molecule has 1 N–H and O–H groups in total. The van der Waals surface area contributed by atoms with Crippen molar-refractivity contribution in [3.8, 4) is 0 Å². The van der Waals surface area contributed by atoms with Gasteiger partial charge in [-0.25, -0.2) is 4.68 Å². The topological polar surface area (TPSA) is 107 Å². The van der Waals surface area contributed by atoms with Crippen molar-refractivity contribution >= 4 is 5.97 Å². The molecule has 2 aromatic rings. The van der Waals surface area contributed by atoms with E-state index in [4.69, 9.17) is 9.63 Å². The summed E-state index contributed by atoms with van der Waals surface area (Å²) in [6, 6.07) is 0. The standard InChI is InChI=1S/C9H11N5O3/c1-2-7-10-8(17-12-7)5-14-4-6(11-13-14)3-9(15)16/h4H,2-3,5H2,1H3,(H,15,16). The highest BCUT2D eigenvalue weighted by molar-refractivity contribution is 5.69. The highest BCUT2D eigenvalue weighted by Gasteiger charge is 2.09. The number of carbonyl (C=O) groups is 1. The van der Waals surface area contributed by atoms with Crippen molar-refractivity contribution in [2.45, 2.75) is 26.3 Å². The zero-order valence-corrected chi connectivity index (χ0v) is 9.20. The van der Waals surface area contributed by atoms with Gasteiger partial charge in [-0.1, -0.05) is 17.3 Å². The zero-order chi connectivity index (χ0) is 12.3. The van der Waals surface area contributed by atoms with Gasteiger partial charge in [0.15, 0.2) is 5.82 Å². The third-order valence-corrected chi connectivity index (χ3v) is 2.04. The largest absolute Gasteiger partial charge is 0.481 e. The van der Waals surface area contributed by atoms with Crippen LogP contribution < -0.4 is 0 Å². The summed E-state index contributed by atoms with van der Waals surface area (Å²) in [7, 11) is 0. The lowest BCUT2D eigenvalue weighted by Gasteiger charge is -1.92. The molecule has 0 saturated carbocycles. The molecule has 2 rings (SSSR count). The van der Waals surface area contributed by atoms with Crippen molar-refractivity contribution in [2.24, 2.45) is 0 Å². The first-order valence-electron chi connectivity index (χ1n) is 5.09.